The number of aryl methyl sites for hydroxylation is 1. The molecule has 0 aliphatic carbocycles. The highest BCUT2D eigenvalue weighted by Gasteiger charge is 2.08. The summed E-state index contributed by atoms with van der Waals surface area (Å²) in [6, 6.07) is 7.71. The Hall–Kier alpha value is -1.15. The zero-order valence-corrected chi connectivity index (χ0v) is 9.36. The number of benzene rings is 1. The van der Waals surface area contributed by atoms with Gasteiger partial charge in [-0.15, -0.1) is 0 Å². The summed E-state index contributed by atoms with van der Waals surface area (Å²) in [6.07, 6.45) is 1.29. The van der Waals surface area contributed by atoms with Crippen molar-refractivity contribution in [3.8, 4) is 0 Å². The molecule has 0 saturated heterocycles. The molecule has 2 heteroatoms. The Morgan fingerprint density at radius 1 is 1.27 bits per heavy atom. The molecule has 0 bridgehead atoms. The van der Waals surface area contributed by atoms with Gasteiger partial charge in [-0.1, -0.05) is 38.1 Å². The van der Waals surface area contributed by atoms with Crippen molar-refractivity contribution in [2.75, 3.05) is 0 Å². The summed E-state index contributed by atoms with van der Waals surface area (Å²) < 4.78 is 0. The molecular formula is C13H18O2. The zero-order chi connectivity index (χ0) is 11.3. The van der Waals surface area contributed by atoms with Crippen LogP contribution in [0.3, 0.4) is 0 Å². The molecule has 82 valence electrons. The molecule has 0 amide bonds. The van der Waals surface area contributed by atoms with Gasteiger partial charge in [-0.25, -0.2) is 0 Å². The summed E-state index contributed by atoms with van der Waals surface area (Å²) in [5.74, 6) is 0.383. The second kappa shape index (κ2) is 5.66. The lowest BCUT2D eigenvalue weighted by atomic mass is 9.98. The van der Waals surface area contributed by atoms with Crippen LogP contribution in [0.25, 0.3) is 0 Å². The third kappa shape index (κ3) is 3.48. The maximum atomic E-state index is 11.5. The molecule has 0 saturated carbocycles. The van der Waals surface area contributed by atoms with E-state index in [0.717, 1.165) is 17.5 Å². The van der Waals surface area contributed by atoms with E-state index < -0.39 is 0 Å². The highest BCUT2D eigenvalue weighted by Crippen LogP contribution is 2.12. The number of hydrogen-bond acceptors (Lipinski definition) is 2. The second-order valence-corrected chi connectivity index (χ2v) is 4.05. The van der Waals surface area contributed by atoms with Gasteiger partial charge in [-0.3, -0.25) is 4.79 Å². The van der Waals surface area contributed by atoms with Gasteiger partial charge >= 0.3 is 0 Å². The van der Waals surface area contributed by atoms with E-state index in [-0.39, 0.29) is 18.3 Å². The number of ketones is 1. The average Bonchev–Trinajstić information content (AvgIpc) is 2.26. The van der Waals surface area contributed by atoms with E-state index in [2.05, 4.69) is 0 Å². The molecule has 0 atom stereocenters. The molecule has 0 spiro atoms. The molecule has 0 aliphatic rings. The number of aliphatic hydroxyl groups excluding tert-OH is 1. The molecule has 2 nitrogen and oxygen atoms in total. The van der Waals surface area contributed by atoms with Gasteiger partial charge in [0.15, 0.2) is 0 Å². The fraction of sp³-hybridized carbons (Fsp3) is 0.462. The first kappa shape index (κ1) is 11.9. The van der Waals surface area contributed by atoms with Crippen molar-refractivity contribution in [2.24, 2.45) is 5.92 Å². The molecule has 15 heavy (non-hydrogen) atoms. The van der Waals surface area contributed by atoms with Gasteiger partial charge in [0.25, 0.3) is 0 Å². The van der Waals surface area contributed by atoms with E-state index in [9.17, 15) is 4.79 Å². The lowest BCUT2D eigenvalue weighted by Crippen LogP contribution is -2.08. The topological polar surface area (TPSA) is 37.3 Å². The summed E-state index contributed by atoms with van der Waals surface area (Å²) in [5, 5.41) is 9.11. The molecule has 0 fully saturated rings. The second-order valence-electron chi connectivity index (χ2n) is 4.05. The van der Waals surface area contributed by atoms with Crippen molar-refractivity contribution in [1.29, 1.82) is 0 Å². The van der Waals surface area contributed by atoms with Gasteiger partial charge in [0.2, 0.25) is 0 Å². The first-order valence-corrected chi connectivity index (χ1v) is 5.35. The number of hydrogen-bond donors (Lipinski definition) is 1. The van der Waals surface area contributed by atoms with Crippen molar-refractivity contribution in [3.63, 3.8) is 0 Å². The largest absolute Gasteiger partial charge is 0.392 e. The molecule has 1 aromatic rings. The molecule has 1 rings (SSSR count). The monoisotopic (exact) mass is 206 g/mol. The van der Waals surface area contributed by atoms with Gasteiger partial charge in [0.05, 0.1) is 6.61 Å². The summed E-state index contributed by atoms with van der Waals surface area (Å²) in [7, 11) is 0. The number of aliphatic hydroxyl groups is 1. The molecule has 0 radical (unpaired) electrons. The number of Topliss-reactive ketones (excluding diaryl/α,β-unsaturated/α-hetero) is 1. The quantitative estimate of drug-likeness (QED) is 0.802. The Bertz CT molecular complexity index is 329. The minimum atomic E-state index is 0.0477. The Kier molecular flexibility index (Phi) is 4.50. The summed E-state index contributed by atoms with van der Waals surface area (Å²) >= 11 is 0. The van der Waals surface area contributed by atoms with Gasteiger partial charge in [-0.05, 0) is 17.5 Å². The number of rotatable bonds is 5. The van der Waals surface area contributed by atoms with Crippen LogP contribution in [-0.2, 0) is 17.8 Å². The summed E-state index contributed by atoms with van der Waals surface area (Å²) in [4.78, 5) is 11.5. The minimum Gasteiger partial charge on any atom is -0.392 e. The van der Waals surface area contributed by atoms with Crippen LogP contribution < -0.4 is 0 Å². The van der Waals surface area contributed by atoms with E-state index in [4.69, 9.17) is 5.11 Å². The predicted octanol–water partition coefficient (Wildman–Crippen LogP) is 2.34. The fourth-order valence-corrected chi connectivity index (χ4v) is 1.50. The van der Waals surface area contributed by atoms with Gasteiger partial charge in [-0.2, -0.15) is 0 Å². The van der Waals surface area contributed by atoms with Crippen molar-refractivity contribution in [3.05, 3.63) is 35.4 Å². The predicted molar refractivity (Wildman–Crippen MR) is 60.5 cm³/mol. The standard InChI is InChI=1S/C13H18O2/c1-10(2)13(15)8-7-11-5-3-4-6-12(11)9-14/h3-6,10,14H,7-9H2,1-2H3. The SMILES string of the molecule is CC(C)C(=O)CCc1ccccc1CO. The maximum Gasteiger partial charge on any atom is 0.135 e. The van der Waals surface area contributed by atoms with Crippen molar-refractivity contribution < 1.29 is 9.90 Å². The molecular weight excluding hydrogens is 188 g/mol. The average molecular weight is 206 g/mol. The Morgan fingerprint density at radius 3 is 2.40 bits per heavy atom. The zero-order valence-electron chi connectivity index (χ0n) is 9.36. The molecule has 0 aromatic heterocycles. The fourth-order valence-electron chi connectivity index (χ4n) is 1.50. The molecule has 1 aromatic carbocycles. The van der Waals surface area contributed by atoms with Gasteiger partial charge in [0, 0.05) is 12.3 Å². The molecule has 0 unspecified atom stereocenters. The molecule has 0 heterocycles. The van der Waals surface area contributed by atoms with Gasteiger partial charge in [0.1, 0.15) is 5.78 Å². The molecule has 0 aliphatic heterocycles. The van der Waals surface area contributed by atoms with E-state index in [0.29, 0.717) is 6.42 Å². The maximum absolute atomic E-state index is 11.5. The van der Waals surface area contributed by atoms with Crippen molar-refractivity contribution >= 4 is 5.78 Å². The first-order valence-electron chi connectivity index (χ1n) is 5.35. The van der Waals surface area contributed by atoms with E-state index in [1.54, 1.807) is 0 Å². The van der Waals surface area contributed by atoms with Crippen LogP contribution in [0.15, 0.2) is 24.3 Å². The van der Waals surface area contributed by atoms with Crippen LogP contribution in [-0.4, -0.2) is 10.9 Å². The van der Waals surface area contributed by atoms with Crippen LogP contribution in [0.2, 0.25) is 0 Å². The summed E-state index contributed by atoms with van der Waals surface area (Å²) in [5.41, 5.74) is 2.00. The van der Waals surface area contributed by atoms with Crippen LogP contribution in [0.4, 0.5) is 0 Å². The minimum absolute atomic E-state index is 0.0477. The Balaban J connectivity index is 2.61. The molecule has 1 N–H and O–H groups in total. The van der Waals surface area contributed by atoms with Crippen molar-refractivity contribution in [2.45, 2.75) is 33.3 Å². The number of carbonyl (C=O) groups is 1. The first-order chi connectivity index (χ1) is 7.15. The Morgan fingerprint density at radius 2 is 1.87 bits per heavy atom. The van der Waals surface area contributed by atoms with E-state index in [1.165, 1.54) is 0 Å². The highest BCUT2D eigenvalue weighted by molar-refractivity contribution is 5.80. The van der Waals surface area contributed by atoms with Crippen LogP contribution >= 0.6 is 0 Å². The van der Waals surface area contributed by atoms with Gasteiger partial charge < -0.3 is 5.11 Å². The van der Waals surface area contributed by atoms with Crippen molar-refractivity contribution in [1.82, 2.24) is 0 Å². The van der Waals surface area contributed by atoms with E-state index in [1.807, 2.05) is 38.1 Å². The van der Waals surface area contributed by atoms with Crippen LogP contribution in [0.1, 0.15) is 31.4 Å². The van der Waals surface area contributed by atoms with Crippen LogP contribution in [0.5, 0.6) is 0 Å². The van der Waals surface area contributed by atoms with E-state index >= 15 is 0 Å². The highest BCUT2D eigenvalue weighted by atomic mass is 16.3. The Labute approximate surface area is 90.9 Å². The lowest BCUT2D eigenvalue weighted by Gasteiger charge is -2.07. The smallest absolute Gasteiger partial charge is 0.135 e. The third-order valence-corrected chi connectivity index (χ3v) is 2.57. The lowest BCUT2D eigenvalue weighted by molar-refractivity contribution is -0.121. The third-order valence-electron chi connectivity index (χ3n) is 2.57. The van der Waals surface area contributed by atoms with Crippen LogP contribution in [0, 0.1) is 5.92 Å². The normalized spacial score (nSPS) is 10.7. The summed E-state index contributed by atoms with van der Waals surface area (Å²) in [6.45, 7) is 3.88. The number of carbonyl (C=O) groups excluding carboxylic acids is 1.